The Bertz CT molecular complexity index is 431. The minimum atomic E-state index is -1.88. The molecule has 0 aliphatic carbocycles. The van der Waals surface area contributed by atoms with E-state index in [4.69, 9.17) is 4.43 Å². The van der Waals surface area contributed by atoms with Crippen molar-refractivity contribution in [1.29, 1.82) is 0 Å². The maximum atomic E-state index is 12.0. The van der Waals surface area contributed by atoms with Crippen molar-refractivity contribution in [2.45, 2.75) is 52.9 Å². The van der Waals surface area contributed by atoms with E-state index >= 15 is 0 Å². The SMILES string of the molecule is CC(=O)N(C[Si](C)(C)OC(C)C)[C@@H](C)c1ccccc1. The van der Waals surface area contributed by atoms with Gasteiger partial charge in [0.1, 0.15) is 0 Å². The Morgan fingerprint density at radius 1 is 1.20 bits per heavy atom. The van der Waals surface area contributed by atoms with E-state index in [1.54, 1.807) is 6.92 Å². The summed E-state index contributed by atoms with van der Waals surface area (Å²) in [6.45, 7) is 12.2. The van der Waals surface area contributed by atoms with E-state index in [0.29, 0.717) is 0 Å². The standard InChI is InChI=1S/C16H27NO2Si/c1-13(2)19-20(5,6)12-17(15(4)18)14(3)16-10-8-7-9-11-16/h7-11,13-14H,12H2,1-6H3/t14-/m0/s1. The third-order valence-electron chi connectivity index (χ3n) is 3.26. The Morgan fingerprint density at radius 3 is 2.20 bits per heavy atom. The lowest BCUT2D eigenvalue weighted by atomic mass is 10.1. The molecule has 1 atom stereocenters. The van der Waals surface area contributed by atoms with E-state index in [1.165, 1.54) is 0 Å². The maximum Gasteiger partial charge on any atom is 0.219 e. The minimum absolute atomic E-state index is 0.0798. The van der Waals surface area contributed by atoms with Crippen molar-refractivity contribution in [1.82, 2.24) is 4.90 Å². The molecule has 1 rings (SSSR count). The van der Waals surface area contributed by atoms with Gasteiger partial charge in [0.2, 0.25) is 14.2 Å². The molecule has 0 fully saturated rings. The van der Waals surface area contributed by atoms with Crippen molar-refractivity contribution in [2.75, 3.05) is 6.17 Å². The molecule has 1 aromatic carbocycles. The Morgan fingerprint density at radius 2 is 1.75 bits per heavy atom. The average Bonchev–Trinajstić information content (AvgIpc) is 2.34. The highest BCUT2D eigenvalue weighted by molar-refractivity contribution is 6.71. The second-order valence-corrected chi connectivity index (χ2v) is 10.2. The van der Waals surface area contributed by atoms with Crippen molar-refractivity contribution in [2.24, 2.45) is 0 Å². The number of nitrogens with zero attached hydrogens (tertiary/aromatic N) is 1. The molecule has 0 aliphatic rings. The molecule has 0 saturated carbocycles. The van der Waals surface area contributed by atoms with Crippen LogP contribution in [0.25, 0.3) is 0 Å². The predicted molar refractivity (Wildman–Crippen MR) is 85.9 cm³/mol. The fourth-order valence-electron chi connectivity index (χ4n) is 2.52. The van der Waals surface area contributed by atoms with E-state index in [1.807, 2.05) is 36.9 Å². The lowest BCUT2D eigenvalue weighted by Crippen LogP contribution is -2.48. The summed E-state index contributed by atoms with van der Waals surface area (Å²) in [5.41, 5.74) is 1.16. The topological polar surface area (TPSA) is 29.5 Å². The quantitative estimate of drug-likeness (QED) is 0.747. The lowest BCUT2D eigenvalue weighted by molar-refractivity contribution is -0.130. The van der Waals surface area contributed by atoms with Crippen LogP contribution in [0, 0.1) is 0 Å². The Labute approximate surface area is 124 Å². The van der Waals surface area contributed by atoms with Crippen LogP contribution in [-0.4, -0.2) is 31.4 Å². The molecule has 112 valence electrons. The van der Waals surface area contributed by atoms with Gasteiger partial charge >= 0.3 is 0 Å². The molecule has 0 N–H and O–H groups in total. The largest absolute Gasteiger partial charge is 0.413 e. The fourth-order valence-corrected chi connectivity index (χ4v) is 5.19. The van der Waals surface area contributed by atoms with Gasteiger partial charge in [-0.05, 0) is 39.4 Å². The molecule has 1 aromatic rings. The molecular formula is C16H27NO2Si. The van der Waals surface area contributed by atoms with Gasteiger partial charge < -0.3 is 9.33 Å². The van der Waals surface area contributed by atoms with Crippen LogP contribution in [0.4, 0.5) is 0 Å². The van der Waals surface area contributed by atoms with Gasteiger partial charge in [-0.15, -0.1) is 0 Å². The van der Waals surface area contributed by atoms with Crippen LogP contribution in [0.15, 0.2) is 30.3 Å². The number of amides is 1. The highest BCUT2D eigenvalue weighted by Gasteiger charge is 2.31. The second-order valence-electron chi connectivity index (χ2n) is 6.16. The number of carbonyl (C=O) groups is 1. The highest BCUT2D eigenvalue weighted by atomic mass is 28.4. The Balaban J connectivity index is 2.87. The van der Waals surface area contributed by atoms with Gasteiger partial charge in [-0.3, -0.25) is 4.79 Å². The molecule has 20 heavy (non-hydrogen) atoms. The summed E-state index contributed by atoms with van der Waals surface area (Å²) in [5, 5.41) is 0. The predicted octanol–water partition coefficient (Wildman–Crippen LogP) is 3.77. The van der Waals surface area contributed by atoms with Crippen LogP contribution in [0.2, 0.25) is 13.1 Å². The molecule has 0 aliphatic heterocycles. The molecule has 4 heteroatoms. The Kier molecular flexibility index (Phi) is 5.96. The maximum absolute atomic E-state index is 12.0. The van der Waals surface area contributed by atoms with E-state index in [2.05, 4.69) is 32.2 Å². The molecule has 3 nitrogen and oxygen atoms in total. The summed E-state index contributed by atoms with van der Waals surface area (Å²) in [5.74, 6) is 0.106. The summed E-state index contributed by atoms with van der Waals surface area (Å²) in [7, 11) is -1.88. The van der Waals surface area contributed by atoms with Gasteiger partial charge in [0.25, 0.3) is 0 Å². The first-order valence-corrected chi connectivity index (χ1v) is 10.3. The van der Waals surface area contributed by atoms with Crippen molar-refractivity contribution in [3.05, 3.63) is 35.9 Å². The van der Waals surface area contributed by atoms with Crippen LogP contribution in [0.3, 0.4) is 0 Å². The van der Waals surface area contributed by atoms with Gasteiger partial charge in [-0.2, -0.15) is 0 Å². The molecule has 0 heterocycles. The Hall–Kier alpha value is -1.13. The summed E-state index contributed by atoms with van der Waals surface area (Å²) in [6.07, 6.45) is 0.925. The van der Waals surface area contributed by atoms with Crippen LogP contribution in [-0.2, 0) is 9.22 Å². The van der Waals surface area contributed by atoms with Crippen molar-refractivity contribution >= 4 is 14.2 Å². The number of carbonyl (C=O) groups excluding carboxylic acids is 1. The minimum Gasteiger partial charge on any atom is -0.413 e. The molecule has 0 radical (unpaired) electrons. The van der Waals surface area contributed by atoms with E-state index in [9.17, 15) is 4.79 Å². The van der Waals surface area contributed by atoms with Crippen molar-refractivity contribution in [3.63, 3.8) is 0 Å². The first-order chi connectivity index (χ1) is 9.23. The van der Waals surface area contributed by atoms with E-state index in [-0.39, 0.29) is 18.1 Å². The second kappa shape index (κ2) is 7.04. The summed E-state index contributed by atoms with van der Waals surface area (Å²) >= 11 is 0. The molecule has 0 aromatic heterocycles. The van der Waals surface area contributed by atoms with Gasteiger partial charge in [-0.25, -0.2) is 0 Å². The normalized spacial score (nSPS) is 13.3. The zero-order valence-corrected chi connectivity index (χ0v) is 14.5. The van der Waals surface area contributed by atoms with Gasteiger partial charge in [0, 0.05) is 19.2 Å². The zero-order valence-electron chi connectivity index (χ0n) is 13.5. The van der Waals surface area contributed by atoms with Crippen LogP contribution < -0.4 is 0 Å². The van der Waals surface area contributed by atoms with Crippen LogP contribution >= 0.6 is 0 Å². The number of hydrogen-bond donors (Lipinski definition) is 0. The molecule has 0 unspecified atom stereocenters. The summed E-state index contributed by atoms with van der Waals surface area (Å²) in [4.78, 5) is 13.9. The van der Waals surface area contributed by atoms with Crippen LogP contribution in [0.1, 0.15) is 39.3 Å². The number of rotatable bonds is 6. The van der Waals surface area contributed by atoms with Crippen molar-refractivity contribution in [3.8, 4) is 0 Å². The molecule has 0 spiro atoms. The molecule has 1 amide bonds. The van der Waals surface area contributed by atoms with Gasteiger partial charge in [0.05, 0.1) is 6.04 Å². The van der Waals surface area contributed by atoms with E-state index < -0.39 is 8.32 Å². The molecular weight excluding hydrogens is 266 g/mol. The zero-order chi connectivity index (χ0) is 15.3. The smallest absolute Gasteiger partial charge is 0.219 e. The number of hydrogen-bond acceptors (Lipinski definition) is 2. The average molecular weight is 293 g/mol. The summed E-state index contributed by atoms with van der Waals surface area (Å²) < 4.78 is 6.05. The van der Waals surface area contributed by atoms with Crippen molar-refractivity contribution < 1.29 is 9.22 Å². The highest BCUT2D eigenvalue weighted by Crippen LogP contribution is 2.22. The summed E-state index contributed by atoms with van der Waals surface area (Å²) in [6, 6.07) is 10.2. The van der Waals surface area contributed by atoms with Crippen LogP contribution in [0.5, 0.6) is 0 Å². The van der Waals surface area contributed by atoms with E-state index in [0.717, 1.165) is 11.7 Å². The molecule has 0 bridgehead atoms. The first-order valence-electron chi connectivity index (χ1n) is 7.23. The monoisotopic (exact) mass is 293 g/mol. The lowest BCUT2D eigenvalue weighted by Gasteiger charge is -2.35. The van der Waals surface area contributed by atoms with Gasteiger partial charge in [-0.1, -0.05) is 30.3 Å². The third-order valence-corrected chi connectivity index (χ3v) is 5.47. The molecule has 0 saturated heterocycles. The van der Waals surface area contributed by atoms with Gasteiger partial charge in [0.15, 0.2) is 0 Å². The first kappa shape index (κ1) is 16.9. The fraction of sp³-hybridized carbons (Fsp3) is 0.562. The number of benzene rings is 1. The third kappa shape index (κ3) is 5.10.